The van der Waals surface area contributed by atoms with E-state index in [2.05, 4.69) is 24.1 Å². The number of hydrogen-bond acceptors (Lipinski definition) is 2. The normalized spacial score (nSPS) is 46.0. The summed E-state index contributed by atoms with van der Waals surface area (Å²) in [5, 5.41) is 3.60. The minimum Gasteiger partial charge on any atom is -0.316 e. The third-order valence-corrected chi connectivity index (χ3v) is 5.87. The molecule has 104 valence electrons. The average molecular weight is 250 g/mol. The molecular formula is C16H30N2. The van der Waals surface area contributed by atoms with Gasteiger partial charge in [0.15, 0.2) is 0 Å². The Morgan fingerprint density at radius 1 is 1.11 bits per heavy atom. The van der Waals surface area contributed by atoms with Crippen molar-refractivity contribution in [2.24, 2.45) is 17.8 Å². The maximum Gasteiger partial charge on any atom is 0.0140 e. The highest BCUT2D eigenvalue weighted by Gasteiger charge is 2.45. The summed E-state index contributed by atoms with van der Waals surface area (Å²) in [6, 6.07) is 1.79. The molecule has 0 spiro atoms. The van der Waals surface area contributed by atoms with Crippen molar-refractivity contribution in [3.05, 3.63) is 0 Å². The van der Waals surface area contributed by atoms with Crippen molar-refractivity contribution in [2.45, 2.75) is 64.5 Å². The summed E-state index contributed by atoms with van der Waals surface area (Å²) in [5.41, 5.74) is 0. The van der Waals surface area contributed by atoms with Crippen LogP contribution in [0.3, 0.4) is 0 Å². The van der Waals surface area contributed by atoms with Crippen molar-refractivity contribution in [1.82, 2.24) is 10.2 Å². The minimum atomic E-state index is 0.878. The molecule has 0 radical (unpaired) electrons. The van der Waals surface area contributed by atoms with Gasteiger partial charge in [0, 0.05) is 18.6 Å². The van der Waals surface area contributed by atoms with Crippen molar-refractivity contribution >= 4 is 0 Å². The summed E-state index contributed by atoms with van der Waals surface area (Å²) >= 11 is 0. The van der Waals surface area contributed by atoms with Gasteiger partial charge in [-0.25, -0.2) is 0 Å². The zero-order valence-corrected chi connectivity index (χ0v) is 12.2. The standard InChI is InChI=1S/C16H30N2/c1-3-16-15-10-17-9-13(15)11-18(16)14-6-4-5-12(2)7-8-14/h12-17H,3-11H2,1-2H3. The molecule has 2 aliphatic heterocycles. The molecule has 2 nitrogen and oxygen atoms in total. The Labute approximate surface area is 113 Å². The number of rotatable bonds is 2. The maximum absolute atomic E-state index is 3.60. The van der Waals surface area contributed by atoms with Crippen LogP contribution < -0.4 is 5.32 Å². The Kier molecular flexibility index (Phi) is 3.95. The molecule has 2 saturated heterocycles. The van der Waals surface area contributed by atoms with Crippen LogP contribution in [0.5, 0.6) is 0 Å². The first kappa shape index (κ1) is 12.9. The fourth-order valence-corrected chi connectivity index (χ4v) is 4.81. The predicted octanol–water partition coefficient (Wildman–Crippen LogP) is 2.89. The third kappa shape index (κ3) is 2.34. The molecule has 0 bridgehead atoms. The molecule has 1 N–H and O–H groups in total. The number of hydrogen-bond donors (Lipinski definition) is 1. The minimum absolute atomic E-state index is 0.878. The van der Waals surface area contributed by atoms with Gasteiger partial charge >= 0.3 is 0 Å². The van der Waals surface area contributed by atoms with Gasteiger partial charge in [0.25, 0.3) is 0 Å². The quantitative estimate of drug-likeness (QED) is 0.758. The van der Waals surface area contributed by atoms with Gasteiger partial charge < -0.3 is 5.32 Å². The van der Waals surface area contributed by atoms with E-state index >= 15 is 0 Å². The summed E-state index contributed by atoms with van der Waals surface area (Å²) in [4.78, 5) is 2.92. The first-order chi connectivity index (χ1) is 8.79. The SMILES string of the molecule is CCC1C2CNCC2CN1C1CCCC(C)CC1. The van der Waals surface area contributed by atoms with Crippen LogP contribution in [0.4, 0.5) is 0 Å². The lowest BCUT2D eigenvalue weighted by Crippen LogP contribution is -2.42. The lowest BCUT2D eigenvalue weighted by Gasteiger charge is -2.34. The van der Waals surface area contributed by atoms with Crippen LogP contribution in [0, 0.1) is 17.8 Å². The molecule has 3 aliphatic rings. The van der Waals surface area contributed by atoms with Gasteiger partial charge in [-0.15, -0.1) is 0 Å². The van der Waals surface area contributed by atoms with Gasteiger partial charge in [0.2, 0.25) is 0 Å². The molecule has 1 saturated carbocycles. The highest BCUT2D eigenvalue weighted by Crippen LogP contribution is 2.38. The second-order valence-corrected chi connectivity index (χ2v) is 7.02. The van der Waals surface area contributed by atoms with Crippen molar-refractivity contribution in [1.29, 1.82) is 0 Å². The van der Waals surface area contributed by atoms with Crippen LogP contribution in [0.2, 0.25) is 0 Å². The number of fused-ring (bicyclic) bond motifs is 1. The molecular weight excluding hydrogens is 220 g/mol. The number of likely N-dealkylation sites (tertiary alicyclic amines) is 1. The van der Waals surface area contributed by atoms with Crippen LogP contribution in [0.15, 0.2) is 0 Å². The Morgan fingerprint density at radius 3 is 2.83 bits per heavy atom. The number of nitrogens with one attached hydrogen (secondary N) is 1. The van der Waals surface area contributed by atoms with E-state index in [0.717, 1.165) is 29.8 Å². The zero-order chi connectivity index (χ0) is 12.5. The molecule has 2 heteroatoms. The van der Waals surface area contributed by atoms with E-state index in [-0.39, 0.29) is 0 Å². The Bertz CT molecular complexity index is 278. The second kappa shape index (κ2) is 5.50. The predicted molar refractivity (Wildman–Crippen MR) is 76.7 cm³/mol. The van der Waals surface area contributed by atoms with Crippen LogP contribution >= 0.6 is 0 Å². The molecule has 3 rings (SSSR count). The monoisotopic (exact) mass is 250 g/mol. The second-order valence-electron chi connectivity index (χ2n) is 7.02. The van der Waals surface area contributed by atoms with Crippen LogP contribution in [-0.2, 0) is 0 Å². The van der Waals surface area contributed by atoms with E-state index in [0.29, 0.717) is 0 Å². The smallest absolute Gasteiger partial charge is 0.0140 e. The van der Waals surface area contributed by atoms with E-state index in [1.165, 1.54) is 58.2 Å². The van der Waals surface area contributed by atoms with Gasteiger partial charge in [0.05, 0.1) is 0 Å². The van der Waals surface area contributed by atoms with E-state index in [9.17, 15) is 0 Å². The highest BCUT2D eigenvalue weighted by molar-refractivity contribution is 5.00. The van der Waals surface area contributed by atoms with Crippen molar-refractivity contribution in [3.8, 4) is 0 Å². The summed E-state index contributed by atoms with van der Waals surface area (Å²) in [5.74, 6) is 2.88. The van der Waals surface area contributed by atoms with Crippen LogP contribution in [-0.4, -0.2) is 36.6 Å². The maximum atomic E-state index is 3.60. The zero-order valence-electron chi connectivity index (χ0n) is 12.2. The molecule has 0 amide bonds. The molecule has 0 aromatic carbocycles. The molecule has 2 heterocycles. The molecule has 0 aromatic heterocycles. The molecule has 5 atom stereocenters. The fraction of sp³-hybridized carbons (Fsp3) is 1.00. The Balaban J connectivity index is 1.67. The molecule has 5 unspecified atom stereocenters. The lowest BCUT2D eigenvalue weighted by molar-refractivity contribution is 0.140. The summed E-state index contributed by atoms with van der Waals surface area (Å²) in [7, 11) is 0. The van der Waals surface area contributed by atoms with Crippen molar-refractivity contribution in [3.63, 3.8) is 0 Å². The van der Waals surface area contributed by atoms with Gasteiger partial charge in [-0.3, -0.25) is 4.90 Å². The first-order valence-electron chi connectivity index (χ1n) is 8.26. The molecule has 18 heavy (non-hydrogen) atoms. The largest absolute Gasteiger partial charge is 0.316 e. The van der Waals surface area contributed by atoms with Gasteiger partial charge in [-0.1, -0.05) is 26.7 Å². The van der Waals surface area contributed by atoms with E-state index in [4.69, 9.17) is 0 Å². The van der Waals surface area contributed by atoms with Crippen molar-refractivity contribution in [2.75, 3.05) is 19.6 Å². The molecule has 3 fully saturated rings. The van der Waals surface area contributed by atoms with Gasteiger partial charge in [-0.05, 0) is 56.5 Å². The molecule has 0 aromatic rings. The average Bonchev–Trinajstić information content (AvgIpc) is 2.86. The van der Waals surface area contributed by atoms with Gasteiger partial charge in [-0.2, -0.15) is 0 Å². The third-order valence-electron chi connectivity index (χ3n) is 5.87. The number of nitrogens with zero attached hydrogens (tertiary/aromatic N) is 1. The summed E-state index contributed by atoms with van der Waals surface area (Å²) < 4.78 is 0. The summed E-state index contributed by atoms with van der Waals surface area (Å²) in [6.07, 6.45) is 8.68. The summed E-state index contributed by atoms with van der Waals surface area (Å²) in [6.45, 7) is 8.79. The van der Waals surface area contributed by atoms with Crippen LogP contribution in [0.25, 0.3) is 0 Å². The Morgan fingerprint density at radius 2 is 2.00 bits per heavy atom. The van der Waals surface area contributed by atoms with Crippen LogP contribution in [0.1, 0.15) is 52.4 Å². The van der Waals surface area contributed by atoms with E-state index in [1.54, 1.807) is 0 Å². The highest BCUT2D eigenvalue weighted by atomic mass is 15.2. The van der Waals surface area contributed by atoms with Crippen molar-refractivity contribution < 1.29 is 0 Å². The Hall–Kier alpha value is -0.0800. The molecule has 1 aliphatic carbocycles. The fourth-order valence-electron chi connectivity index (χ4n) is 4.81. The van der Waals surface area contributed by atoms with E-state index in [1.807, 2.05) is 0 Å². The topological polar surface area (TPSA) is 15.3 Å². The van der Waals surface area contributed by atoms with E-state index < -0.39 is 0 Å². The lowest BCUT2D eigenvalue weighted by atomic mass is 9.92. The first-order valence-corrected chi connectivity index (χ1v) is 8.26. The van der Waals surface area contributed by atoms with Gasteiger partial charge in [0.1, 0.15) is 0 Å².